The summed E-state index contributed by atoms with van der Waals surface area (Å²) in [6.45, 7) is 2.96. The van der Waals surface area contributed by atoms with Gasteiger partial charge in [-0.25, -0.2) is 4.39 Å². The normalized spacial score (nSPS) is 11.0. The molecule has 0 saturated carbocycles. The molecule has 0 aliphatic carbocycles. The lowest BCUT2D eigenvalue weighted by atomic mass is 10.2. The number of rotatable bonds is 5. The molecule has 2 aromatic carbocycles. The molecule has 0 aliphatic rings. The average Bonchev–Trinajstić information content (AvgIpc) is 2.94. The molecule has 0 radical (unpaired) electrons. The van der Waals surface area contributed by atoms with Crippen LogP contribution in [0.4, 0.5) is 4.39 Å². The van der Waals surface area contributed by atoms with Gasteiger partial charge in [-0.1, -0.05) is 24.3 Å². The molecule has 0 fully saturated rings. The Morgan fingerprint density at radius 2 is 2.08 bits per heavy atom. The Hall–Kier alpha value is -2.69. The summed E-state index contributed by atoms with van der Waals surface area (Å²) in [5.74, 6) is -0.276. The summed E-state index contributed by atoms with van der Waals surface area (Å²) >= 11 is 0. The number of carbonyl (C=O) groups is 1. The average molecular weight is 325 g/mol. The molecule has 4 nitrogen and oxygen atoms in total. The largest absolute Gasteiger partial charge is 0.341 e. The van der Waals surface area contributed by atoms with E-state index in [0.717, 1.165) is 16.5 Å². The van der Waals surface area contributed by atoms with Crippen LogP contribution in [0.1, 0.15) is 17.5 Å². The van der Waals surface area contributed by atoms with Gasteiger partial charge in [0.1, 0.15) is 5.82 Å². The lowest BCUT2D eigenvalue weighted by molar-refractivity contribution is -0.130. The predicted molar refractivity (Wildman–Crippen MR) is 92.0 cm³/mol. The third-order valence-corrected chi connectivity index (χ3v) is 4.07. The molecular formula is C19H20FN3O. The van der Waals surface area contributed by atoms with Gasteiger partial charge in [0.25, 0.3) is 0 Å². The number of carbonyl (C=O) groups excluding carboxylic acids is 1. The summed E-state index contributed by atoms with van der Waals surface area (Å²) in [5.41, 5.74) is 2.99. The van der Waals surface area contributed by atoms with Crippen LogP contribution in [0.2, 0.25) is 0 Å². The molecule has 1 amide bonds. The number of benzene rings is 2. The monoisotopic (exact) mass is 325 g/mol. The zero-order valence-corrected chi connectivity index (χ0v) is 13.9. The maximum absolute atomic E-state index is 13.2. The molecule has 5 heteroatoms. The summed E-state index contributed by atoms with van der Waals surface area (Å²) in [5, 5.41) is 5.43. The maximum Gasteiger partial charge on any atom is 0.224 e. The molecule has 0 atom stereocenters. The molecular weight excluding hydrogens is 305 g/mol. The second-order valence-electron chi connectivity index (χ2n) is 6.06. The molecule has 3 aromatic rings. The molecule has 1 heterocycles. The van der Waals surface area contributed by atoms with Crippen LogP contribution in [0.3, 0.4) is 0 Å². The molecule has 0 N–H and O–H groups in total. The smallest absolute Gasteiger partial charge is 0.224 e. The number of nitrogens with zero attached hydrogens (tertiary/aromatic N) is 3. The van der Waals surface area contributed by atoms with E-state index in [1.54, 1.807) is 18.0 Å². The van der Waals surface area contributed by atoms with Gasteiger partial charge < -0.3 is 4.90 Å². The first-order valence-corrected chi connectivity index (χ1v) is 7.93. The second-order valence-corrected chi connectivity index (χ2v) is 6.06. The highest BCUT2D eigenvalue weighted by Crippen LogP contribution is 2.16. The summed E-state index contributed by atoms with van der Waals surface area (Å²) in [7, 11) is 1.73. The van der Waals surface area contributed by atoms with Crippen LogP contribution in [-0.4, -0.2) is 27.6 Å². The maximum atomic E-state index is 13.2. The molecule has 0 spiro atoms. The van der Waals surface area contributed by atoms with Crippen molar-refractivity contribution >= 4 is 16.8 Å². The molecule has 1 aromatic heterocycles. The van der Waals surface area contributed by atoms with Crippen molar-refractivity contribution < 1.29 is 9.18 Å². The van der Waals surface area contributed by atoms with Crippen LogP contribution in [-0.2, 0) is 17.9 Å². The van der Waals surface area contributed by atoms with Crippen LogP contribution >= 0.6 is 0 Å². The van der Waals surface area contributed by atoms with Gasteiger partial charge in [0.05, 0.1) is 18.3 Å². The Bertz CT molecular complexity index is 872. The summed E-state index contributed by atoms with van der Waals surface area (Å²) in [6, 6.07) is 12.5. The van der Waals surface area contributed by atoms with Crippen molar-refractivity contribution in [3.05, 3.63) is 65.6 Å². The molecule has 0 aliphatic heterocycles. The summed E-state index contributed by atoms with van der Waals surface area (Å²) < 4.78 is 15.1. The number of fused-ring (bicyclic) bond motifs is 1. The van der Waals surface area contributed by atoms with E-state index >= 15 is 0 Å². The number of amides is 1. The van der Waals surface area contributed by atoms with Gasteiger partial charge in [0.15, 0.2) is 0 Å². The van der Waals surface area contributed by atoms with Crippen molar-refractivity contribution in [3.63, 3.8) is 0 Å². The van der Waals surface area contributed by atoms with Gasteiger partial charge >= 0.3 is 0 Å². The SMILES string of the molecule is Cc1ccc2cnn(CCC(=O)N(C)Cc3cccc(F)c3)c2c1. The van der Waals surface area contributed by atoms with Gasteiger partial charge in [0, 0.05) is 25.4 Å². The van der Waals surface area contributed by atoms with Gasteiger partial charge in [-0.3, -0.25) is 9.48 Å². The Balaban J connectivity index is 1.63. The molecule has 3 rings (SSSR count). The van der Waals surface area contributed by atoms with E-state index in [2.05, 4.69) is 11.2 Å². The predicted octanol–water partition coefficient (Wildman–Crippen LogP) is 3.53. The topological polar surface area (TPSA) is 38.1 Å². The third-order valence-electron chi connectivity index (χ3n) is 4.07. The first-order valence-electron chi connectivity index (χ1n) is 7.93. The van der Waals surface area contributed by atoms with E-state index in [9.17, 15) is 9.18 Å². The lowest BCUT2D eigenvalue weighted by Gasteiger charge is -2.17. The van der Waals surface area contributed by atoms with Crippen molar-refractivity contribution in [2.75, 3.05) is 7.05 Å². The molecule has 0 unspecified atom stereocenters. The van der Waals surface area contributed by atoms with Crippen LogP contribution in [0.5, 0.6) is 0 Å². The lowest BCUT2D eigenvalue weighted by Crippen LogP contribution is -2.27. The van der Waals surface area contributed by atoms with Crippen molar-refractivity contribution in [1.82, 2.24) is 14.7 Å². The number of aryl methyl sites for hydroxylation is 2. The molecule has 0 bridgehead atoms. The fourth-order valence-electron chi connectivity index (χ4n) is 2.75. The van der Waals surface area contributed by atoms with Gasteiger partial charge in [-0.05, 0) is 36.2 Å². The van der Waals surface area contributed by atoms with Crippen LogP contribution in [0.15, 0.2) is 48.7 Å². The highest BCUT2D eigenvalue weighted by Gasteiger charge is 2.11. The summed E-state index contributed by atoms with van der Waals surface area (Å²) in [4.78, 5) is 13.9. The van der Waals surface area contributed by atoms with Gasteiger partial charge in [-0.15, -0.1) is 0 Å². The van der Waals surface area contributed by atoms with Crippen LogP contribution < -0.4 is 0 Å². The first kappa shape index (κ1) is 16.2. The van der Waals surface area contributed by atoms with E-state index in [4.69, 9.17) is 0 Å². The number of hydrogen-bond donors (Lipinski definition) is 0. The fraction of sp³-hybridized carbons (Fsp3) is 0.263. The van der Waals surface area contributed by atoms with Crippen molar-refractivity contribution in [1.29, 1.82) is 0 Å². The second kappa shape index (κ2) is 6.83. The number of halogens is 1. The third kappa shape index (κ3) is 3.62. The van der Waals surface area contributed by atoms with E-state index in [1.165, 1.54) is 17.7 Å². The van der Waals surface area contributed by atoms with E-state index in [1.807, 2.05) is 36.0 Å². The Labute approximate surface area is 140 Å². The molecule has 0 saturated heterocycles. The van der Waals surface area contributed by atoms with E-state index in [0.29, 0.717) is 19.5 Å². The van der Waals surface area contributed by atoms with Crippen molar-refractivity contribution in [2.24, 2.45) is 0 Å². The minimum Gasteiger partial charge on any atom is -0.341 e. The van der Waals surface area contributed by atoms with Crippen molar-refractivity contribution in [2.45, 2.75) is 26.4 Å². The van der Waals surface area contributed by atoms with Crippen LogP contribution in [0, 0.1) is 12.7 Å². The Kier molecular flexibility index (Phi) is 4.60. The zero-order chi connectivity index (χ0) is 17.1. The van der Waals surface area contributed by atoms with E-state index in [-0.39, 0.29) is 11.7 Å². The number of aromatic nitrogens is 2. The molecule has 124 valence electrons. The summed E-state index contributed by atoms with van der Waals surface area (Å²) in [6.07, 6.45) is 2.17. The number of hydrogen-bond acceptors (Lipinski definition) is 2. The highest BCUT2D eigenvalue weighted by atomic mass is 19.1. The highest BCUT2D eigenvalue weighted by molar-refractivity contribution is 5.80. The Morgan fingerprint density at radius 3 is 2.88 bits per heavy atom. The standard InChI is InChI=1S/C19H20FN3O/c1-14-6-7-16-12-21-23(18(16)10-14)9-8-19(24)22(2)13-15-4-3-5-17(20)11-15/h3-7,10-12H,8-9,13H2,1-2H3. The first-order chi connectivity index (χ1) is 11.5. The zero-order valence-electron chi connectivity index (χ0n) is 13.9. The minimum absolute atomic E-state index is 0.00978. The van der Waals surface area contributed by atoms with Gasteiger partial charge in [0.2, 0.25) is 5.91 Å². The minimum atomic E-state index is -0.285. The van der Waals surface area contributed by atoms with Crippen LogP contribution in [0.25, 0.3) is 10.9 Å². The fourth-order valence-corrected chi connectivity index (χ4v) is 2.75. The van der Waals surface area contributed by atoms with Crippen molar-refractivity contribution in [3.8, 4) is 0 Å². The quantitative estimate of drug-likeness (QED) is 0.720. The van der Waals surface area contributed by atoms with E-state index < -0.39 is 0 Å². The van der Waals surface area contributed by atoms with Gasteiger partial charge in [-0.2, -0.15) is 5.10 Å². The molecule has 24 heavy (non-hydrogen) atoms. The Morgan fingerprint density at radius 1 is 1.25 bits per heavy atom.